The third kappa shape index (κ3) is 11.3. The first kappa shape index (κ1) is 51.4. The lowest BCUT2D eigenvalue weighted by Crippen LogP contribution is -2.15. The van der Waals surface area contributed by atoms with Crippen molar-refractivity contribution in [2.45, 2.75) is 33.1 Å². The number of carbonyl (C=O) groups is 3. The van der Waals surface area contributed by atoms with Crippen molar-refractivity contribution in [2.24, 2.45) is 0 Å². The zero-order valence-corrected chi connectivity index (χ0v) is 37.0. The van der Waals surface area contributed by atoms with Crippen LogP contribution in [0.25, 0.3) is 56.5 Å². The zero-order chi connectivity index (χ0) is 51.4. The molecule has 0 fully saturated rings. The molecular formula is C44H28Cl2F10N8O6. The van der Waals surface area contributed by atoms with E-state index in [1.54, 1.807) is 0 Å². The van der Waals surface area contributed by atoms with Crippen molar-refractivity contribution in [3.63, 3.8) is 0 Å². The Kier molecular flexibility index (Phi) is 15.2. The number of amides is 1. The number of carbonyl (C=O) groups excluding carboxylic acids is 3. The van der Waals surface area contributed by atoms with Crippen LogP contribution in [0.1, 0.15) is 32.2 Å². The summed E-state index contributed by atoms with van der Waals surface area (Å²) in [5.74, 6) is -5.94. The number of hydrogen-bond donors (Lipinski definition) is 2. The molecule has 4 heterocycles. The van der Waals surface area contributed by atoms with Crippen LogP contribution in [0.15, 0.2) is 106 Å². The van der Waals surface area contributed by atoms with E-state index < -0.39 is 87.5 Å². The molecular weight excluding hydrogens is 997 g/mol. The Hall–Kier alpha value is -7.99. The van der Waals surface area contributed by atoms with Crippen molar-refractivity contribution in [1.29, 1.82) is 0 Å². The smallest absolute Gasteiger partial charge is 0.394 e. The van der Waals surface area contributed by atoms with Gasteiger partial charge in [0.2, 0.25) is 5.91 Å². The van der Waals surface area contributed by atoms with Crippen molar-refractivity contribution in [1.82, 2.24) is 29.9 Å². The van der Waals surface area contributed by atoms with E-state index in [9.17, 15) is 58.3 Å². The quantitative estimate of drug-likeness (QED) is 0.0879. The molecule has 8 rings (SSSR count). The van der Waals surface area contributed by atoms with Crippen LogP contribution < -0.4 is 11.1 Å². The number of alkyl halides is 6. The van der Waals surface area contributed by atoms with Gasteiger partial charge in [-0.15, -0.1) is 0 Å². The van der Waals surface area contributed by atoms with Gasteiger partial charge in [-0.2, -0.15) is 36.5 Å². The minimum atomic E-state index is -4.98. The van der Waals surface area contributed by atoms with E-state index in [-0.39, 0.29) is 55.3 Å². The standard InChI is InChI=1S/C21H12ClF5N4O2.C19H10ClF5N4O.C4H6O3/c1-10(32)29-18-17(16-14(22)6-3-7-15(16)24)30-33-19(18)13-9-28-31(20(13)21(25,26)27)12-5-2-4-11(23)8-12;20-12-5-2-6-13(22)14(12)16-15(26)17(30-28-16)11-8-27-29(18(11)19(23,24)25)10-4-1-3-9(21)7-10;1-3(5)7-4(2)6/h2-9H,1H3,(H,29,32);1-8H,26H2;1-2H3. The molecule has 0 unspecified atom stereocenters. The van der Waals surface area contributed by atoms with E-state index in [1.807, 2.05) is 0 Å². The number of benzene rings is 4. The fourth-order valence-corrected chi connectivity index (χ4v) is 6.95. The first-order chi connectivity index (χ1) is 32.9. The van der Waals surface area contributed by atoms with Crippen molar-refractivity contribution in [3.8, 4) is 56.5 Å². The Balaban J connectivity index is 0.000000203. The molecule has 0 aliphatic heterocycles. The number of halogens is 12. The van der Waals surface area contributed by atoms with Crippen LogP contribution in [0.2, 0.25) is 10.0 Å². The maximum Gasteiger partial charge on any atom is 0.434 e. The molecule has 0 saturated heterocycles. The van der Waals surface area contributed by atoms with Crippen molar-refractivity contribution < 1.29 is 72.1 Å². The van der Waals surface area contributed by atoms with Crippen LogP contribution in [0.3, 0.4) is 0 Å². The first-order valence-electron chi connectivity index (χ1n) is 19.3. The zero-order valence-electron chi connectivity index (χ0n) is 35.5. The average Bonchev–Trinajstić information content (AvgIpc) is 4.06. The second-order valence-corrected chi connectivity index (χ2v) is 14.9. The molecule has 0 atom stereocenters. The largest absolute Gasteiger partial charge is 0.434 e. The minimum absolute atomic E-state index is 0.0481. The van der Waals surface area contributed by atoms with Crippen LogP contribution in [0.5, 0.6) is 0 Å². The normalized spacial score (nSPS) is 11.3. The highest BCUT2D eigenvalue weighted by Gasteiger charge is 2.43. The van der Waals surface area contributed by atoms with Crippen molar-refractivity contribution in [3.05, 3.63) is 142 Å². The highest BCUT2D eigenvalue weighted by atomic mass is 35.5. The van der Waals surface area contributed by atoms with Crippen molar-refractivity contribution >= 4 is 52.4 Å². The molecule has 3 N–H and O–H groups in total. The van der Waals surface area contributed by atoms with E-state index in [2.05, 4.69) is 30.6 Å². The van der Waals surface area contributed by atoms with Crippen LogP contribution >= 0.6 is 23.2 Å². The summed E-state index contributed by atoms with van der Waals surface area (Å²) in [6, 6.07) is 16.4. The van der Waals surface area contributed by atoms with Crippen LogP contribution in [0, 0.1) is 23.3 Å². The molecule has 0 bridgehead atoms. The number of aromatic nitrogens is 6. The SMILES string of the molecule is CC(=O)Nc1c(-c2c(F)cccc2Cl)noc1-c1cnn(-c2cccc(F)c2)c1C(F)(F)F.CC(=O)OC(C)=O.Nc1c(-c2c(F)cccc2Cl)noc1-c1cnn(-c2cccc(F)c2)c1C(F)(F)F. The summed E-state index contributed by atoms with van der Waals surface area (Å²) in [6.07, 6.45) is -8.20. The van der Waals surface area contributed by atoms with Crippen LogP contribution in [-0.4, -0.2) is 47.7 Å². The molecule has 0 saturated carbocycles. The van der Waals surface area contributed by atoms with Gasteiger partial charge in [0.05, 0.1) is 56.1 Å². The maximum absolute atomic E-state index is 14.5. The molecule has 4 aromatic heterocycles. The van der Waals surface area contributed by atoms with E-state index >= 15 is 0 Å². The Morgan fingerprint density at radius 2 is 1.04 bits per heavy atom. The number of nitrogens with zero attached hydrogens (tertiary/aromatic N) is 6. The summed E-state index contributed by atoms with van der Waals surface area (Å²) >= 11 is 12.0. The van der Waals surface area contributed by atoms with Gasteiger partial charge in [-0.1, -0.05) is 57.8 Å². The van der Waals surface area contributed by atoms with Gasteiger partial charge in [-0.25, -0.2) is 26.9 Å². The monoisotopic (exact) mass is 1020 g/mol. The van der Waals surface area contributed by atoms with Crippen LogP contribution in [0.4, 0.5) is 55.3 Å². The first-order valence-corrected chi connectivity index (χ1v) is 20.1. The van der Waals surface area contributed by atoms with Gasteiger partial charge in [-0.3, -0.25) is 14.4 Å². The summed E-state index contributed by atoms with van der Waals surface area (Å²) in [7, 11) is 0. The third-order valence-corrected chi connectivity index (χ3v) is 9.71. The lowest BCUT2D eigenvalue weighted by Gasteiger charge is -2.13. The molecule has 8 aromatic rings. The predicted octanol–water partition coefficient (Wildman–Crippen LogP) is 11.9. The Labute approximate surface area is 396 Å². The number of nitrogen functional groups attached to an aromatic ring is 1. The highest BCUT2D eigenvalue weighted by molar-refractivity contribution is 6.34. The average molecular weight is 1030 g/mol. The Morgan fingerprint density at radius 1 is 0.629 bits per heavy atom. The lowest BCUT2D eigenvalue weighted by molar-refractivity contribution is -0.156. The number of ether oxygens (including phenoxy) is 1. The van der Waals surface area contributed by atoms with Gasteiger partial charge in [0.15, 0.2) is 22.9 Å². The molecule has 0 radical (unpaired) electrons. The van der Waals surface area contributed by atoms with Crippen molar-refractivity contribution in [2.75, 3.05) is 11.1 Å². The fourth-order valence-electron chi connectivity index (χ4n) is 6.44. The summed E-state index contributed by atoms with van der Waals surface area (Å²) in [4.78, 5) is 31.4. The van der Waals surface area contributed by atoms with Gasteiger partial charge < -0.3 is 24.8 Å². The lowest BCUT2D eigenvalue weighted by atomic mass is 10.1. The molecule has 4 aromatic carbocycles. The van der Waals surface area contributed by atoms with Gasteiger partial charge in [0, 0.05) is 20.8 Å². The second-order valence-electron chi connectivity index (χ2n) is 14.1. The Bertz CT molecular complexity index is 3200. The van der Waals surface area contributed by atoms with Gasteiger partial charge in [0.25, 0.3) is 0 Å². The fraction of sp³-hybridized carbons (Fsp3) is 0.114. The summed E-state index contributed by atoms with van der Waals surface area (Å²) in [6.45, 7) is 3.47. The second kappa shape index (κ2) is 20.7. The van der Waals surface area contributed by atoms with Gasteiger partial charge in [-0.05, 0) is 60.7 Å². The number of nitrogens with one attached hydrogen (secondary N) is 1. The van der Waals surface area contributed by atoms with Gasteiger partial charge in [0.1, 0.15) is 46.0 Å². The van der Waals surface area contributed by atoms with E-state index in [0.717, 1.165) is 55.7 Å². The minimum Gasteiger partial charge on any atom is -0.394 e. The molecule has 0 aliphatic carbocycles. The molecule has 70 heavy (non-hydrogen) atoms. The number of rotatable bonds is 7. The molecule has 0 aliphatic rings. The molecule has 14 nitrogen and oxygen atoms in total. The molecule has 26 heteroatoms. The van der Waals surface area contributed by atoms with E-state index in [0.29, 0.717) is 9.36 Å². The van der Waals surface area contributed by atoms with Gasteiger partial charge >= 0.3 is 24.3 Å². The predicted molar refractivity (Wildman–Crippen MR) is 230 cm³/mol. The summed E-state index contributed by atoms with van der Waals surface area (Å²) < 4.78 is 155. The summed E-state index contributed by atoms with van der Waals surface area (Å²) in [5.41, 5.74) is 0.109. The topological polar surface area (TPSA) is 186 Å². The number of anilines is 2. The number of esters is 2. The Morgan fingerprint density at radius 3 is 1.44 bits per heavy atom. The van der Waals surface area contributed by atoms with Crippen LogP contribution in [-0.2, 0) is 31.5 Å². The number of hydrogen-bond acceptors (Lipinski definition) is 11. The van der Waals surface area contributed by atoms with E-state index in [1.165, 1.54) is 62.4 Å². The van der Waals surface area contributed by atoms with E-state index in [4.69, 9.17) is 38.0 Å². The summed E-state index contributed by atoms with van der Waals surface area (Å²) in [5, 5.41) is 16.9. The maximum atomic E-state index is 14.5. The third-order valence-electron chi connectivity index (χ3n) is 9.08. The molecule has 0 spiro atoms. The number of nitrogens with two attached hydrogens (primary N) is 1. The highest BCUT2D eigenvalue weighted by Crippen LogP contribution is 2.46. The molecule has 364 valence electrons. The molecule has 1 amide bonds.